The maximum absolute atomic E-state index is 13.4. The quantitative estimate of drug-likeness (QED) is 0.381. The summed E-state index contributed by atoms with van der Waals surface area (Å²) in [6, 6.07) is 4.48. The van der Waals surface area contributed by atoms with Gasteiger partial charge in [0.25, 0.3) is 0 Å². The number of nitrogens with one attached hydrogen (secondary N) is 2. The first-order valence-electron chi connectivity index (χ1n) is 8.78. The molecule has 142 valence electrons. The molecule has 1 aliphatic heterocycles. The predicted octanol–water partition coefficient (Wildman–Crippen LogP) is 3.76. The fourth-order valence-corrected chi connectivity index (χ4v) is 2.77. The molecule has 7 heteroatoms. The number of hydrogen-bond acceptors (Lipinski definition) is 2. The van der Waals surface area contributed by atoms with Gasteiger partial charge in [0, 0.05) is 44.0 Å². The van der Waals surface area contributed by atoms with E-state index >= 15 is 0 Å². The molecule has 2 unspecified atom stereocenters. The molecule has 4 nitrogen and oxygen atoms in total. The Morgan fingerprint density at radius 1 is 1.32 bits per heavy atom. The zero-order chi connectivity index (χ0) is 17.5. The maximum Gasteiger partial charge on any atom is 0.191 e. The summed E-state index contributed by atoms with van der Waals surface area (Å²) in [6.45, 7) is 9.54. The molecule has 25 heavy (non-hydrogen) atoms. The Kier molecular flexibility index (Phi) is 9.45. The first kappa shape index (κ1) is 21.9. The standard InChI is InChI=1S/C18H28F2N4.HI/c1-4-13(3)23-18(21-5-2)22-11-14-8-9-24(12-14)15-6-7-16(19)17(20)10-15;/h6-7,10,13-14H,4-5,8-9,11-12H2,1-3H3,(H2,21,22,23);1H. The average Bonchev–Trinajstić information content (AvgIpc) is 3.04. The Labute approximate surface area is 166 Å². The Balaban J connectivity index is 0.00000312. The summed E-state index contributed by atoms with van der Waals surface area (Å²) in [5.74, 6) is -0.324. The molecule has 0 spiro atoms. The number of hydrogen-bond donors (Lipinski definition) is 2. The van der Waals surface area contributed by atoms with Gasteiger partial charge in [0.2, 0.25) is 0 Å². The molecule has 0 aromatic heterocycles. The molecule has 0 bridgehead atoms. The summed E-state index contributed by atoms with van der Waals surface area (Å²) >= 11 is 0. The van der Waals surface area contributed by atoms with Crippen LogP contribution in [0.2, 0.25) is 0 Å². The second-order valence-corrected chi connectivity index (χ2v) is 6.37. The van der Waals surface area contributed by atoms with Gasteiger partial charge in [-0.1, -0.05) is 6.92 Å². The van der Waals surface area contributed by atoms with Crippen molar-refractivity contribution < 1.29 is 8.78 Å². The van der Waals surface area contributed by atoms with Crippen LogP contribution in [-0.4, -0.2) is 38.2 Å². The van der Waals surface area contributed by atoms with Crippen molar-refractivity contribution >= 4 is 35.6 Å². The van der Waals surface area contributed by atoms with Gasteiger partial charge in [-0.25, -0.2) is 8.78 Å². The average molecular weight is 466 g/mol. The van der Waals surface area contributed by atoms with Crippen LogP contribution >= 0.6 is 24.0 Å². The Morgan fingerprint density at radius 3 is 2.72 bits per heavy atom. The van der Waals surface area contributed by atoms with E-state index in [2.05, 4.69) is 34.4 Å². The van der Waals surface area contributed by atoms with Crippen LogP contribution in [0.1, 0.15) is 33.6 Å². The first-order valence-corrected chi connectivity index (χ1v) is 8.78. The number of anilines is 1. The largest absolute Gasteiger partial charge is 0.371 e. The van der Waals surface area contributed by atoms with Crippen molar-refractivity contribution in [2.45, 2.75) is 39.7 Å². The van der Waals surface area contributed by atoms with Gasteiger partial charge in [-0.2, -0.15) is 0 Å². The number of aliphatic imine (C=N–C) groups is 1. The molecule has 1 fully saturated rings. The van der Waals surface area contributed by atoms with Crippen molar-refractivity contribution in [3.05, 3.63) is 29.8 Å². The highest BCUT2D eigenvalue weighted by Crippen LogP contribution is 2.25. The molecular weight excluding hydrogens is 437 g/mol. The summed E-state index contributed by atoms with van der Waals surface area (Å²) in [5.41, 5.74) is 0.741. The molecule has 0 amide bonds. The van der Waals surface area contributed by atoms with Gasteiger partial charge in [-0.05, 0) is 44.7 Å². The lowest BCUT2D eigenvalue weighted by molar-refractivity contribution is 0.508. The molecular formula is C18H29F2IN4. The Bertz CT molecular complexity index is 568. The molecule has 2 rings (SSSR count). The third-order valence-corrected chi connectivity index (χ3v) is 4.40. The third kappa shape index (κ3) is 6.60. The third-order valence-electron chi connectivity index (χ3n) is 4.40. The molecule has 1 aromatic rings. The summed E-state index contributed by atoms with van der Waals surface area (Å²) < 4.78 is 26.4. The fourth-order valence-electron chi connectivity index (χ4n) is 2.77. The molecule has 1 aliphatic rings. The molecule has 0 radical (unpaired) electrons. The molecule has 0 aliphatic carbocycles. The van der Waals surface area contributed by atoms with Gasteiger partial charge in [-0.3, -0.25) is 4.99 Å². The second-order valence-electron chi connectivity index (χ2n) is 6.37. The minimum atomic E-state index is -0.800. The highest BCUT2D eigenvalue weighted by molar-refractivity contribution is 14.0. The van der Waals surface area contributed by atoms with Crippen LogP contribution in [0.25, 0.3) is 0 Å². The number of benzene rings is 1. The van der Waals surface area contributed by atoms with E-state index in [1.807, 2.05) is 6.92 Å². The second kappa shape index (κ2) is 10.8. The topological polar surface area (TPSA) is 39.7 Å². The molecule has 2 atom stereocenters. The van der Waals surface area contributed by atoms with Crippen molar-refractivity contribution in [3.8, 4) is 0 Å². The van der Waals surface area contributed by atoms with Crippen LogP contribution in [0.5, 0.6) is 0 Å². The Hall–Kier alpha value is -1.12. The van der Waals surface area contributed by atoms with Crippen molar-refractivity contribution in [2.24, 2.45) is 10.9 Å². The molecule has 2 N–H and O–H groups in total. The van der Waals surface area contributed by atoms with Gasteiger partial charge in [0.05, 0.1) is 0 Å². The normalized spacial score (nSPS) is 18.7. The highest BCUT2D eigenvalue weighted by Gasteiger charge is 2.23. The van der Waals surface area contributed by atoms with E-state index in [4.69, 9.17) is 0 Å². The van der Waals surface area contributed by atoms with Crippen LogP contribution in [0, 0.1) is 17.6 Å². The zero-order valence-corrected chi connectivity index (χ0v) is 17.5. The van der Waals surface area contributed by atoms with Gasteiger partial charge >= 0.3 is 0 Å². The van der Waals surface area contributed by atoms with Crippen LogP contribution in [0.15, 0.2) is 23.2 Å². The monoisotopic (exact) mass is 466 g/mol. The van der Waals surface area contributed by atoms with Crippen molar-refractivity contribution in [2.75, 3.05) is 31.1 Å². The Morgan fingerprint density at radius 2 is 2.08 bits per heavy atom. The van der Waals surface area contributed by atoms with Crippen LogP contribution in [0.4, 0.5) is 14.5 Å². The molecule has 0 saturated carbocycles. The van der Waals surface area contributed by atoms with Crippen LogP contribution in [0.3, 0.4) is 0 Å². The van der Waals surface area contributed by atoms with Gasteiger partial charge in [0.1, 0.15) is 0 Å². The number of guanidine groups is 1. The van der Waals surface area contributed by atoms with Gasteiger partial charge in [0.15, 0.2) is 17.6 Å². The van der Waals surface area contributed by atoms with E-state index in [-0.39, 0.29) is 24.0 Å². The van der Waals surface area contributed by atoms with Gasteiger partial charge in [-0.15, -0.1) is 24.0 Å². The summed E-state index contributed by atoms with van der Waals surface area (Å²) in [5, 5.41) is 6.64. The van der Waals surface area contributed by atoms with Crippen molar-refractivity contribution in [1.82, 2.24) is 10.6 Å². The van der Waals surface area contributed by atoms with Crippen molar-refractivity contribution in [1.29, 1.82) is 0 Å². The van der Waals surface area contributed by atoms with E-state index in [0.717, 1.165) is 50.7 Å². The van der Waals surface area contributed by atoms with Crippen molar-refractivity contribution in [3.63, 3.8) is 0 Å². The van der Waals surface area contributed by atoms with E-state index in [0.29, 0.717) is 12.0 Å². The minimum absolute atomic E-state index is 0. The van der Waals surface area contributed by atoms with E-state index in [1.165, 1.54) is 12.1 Å². The maximum atomic E-state index is 13.4. The smallest absolute Gasteiger partial charge is 0.191 e. The lowest BCUT2D eigenvalue weighted by Gasteiger charge is -2.19. The van der Waals surface area contributed by atoms with Crippen LogP contribution in [-0.2, 0) is 0 Å². The van der Waals surface area contributed by atoms with E-state index < -0.39 is 11.6 Å². The van der Waals surface area contributed by atoms with Crippen LogP contribution < -0.4 is 15.5 Å². The number of halogens is 3. The summed E-state index contributed by atoms with van der Waals surface area (Å²) in [6.07, 6.45) is 2.04. The summed E-state index contributed by atoms with van der Waals surface area (Å²) in [4.78, 5) is 6.77. The first-order chi connectivity index (χ1) is 11.5. The summed E-state index contributed by atoms with van der Waals surface area (Å²) in [7, 11) is 0. The van der Waals surface area contributed by atoms with Gasteiger partial charge < -0.3 is 15.5 Å². The lowest BCUT2D eigenvalue weighted by Crippen LogP contribution is -2.42. The van der Waals surface area contributed by atoms with E-state index in [9.17, 15) is 8.78 Å². The molecule has 1 heterocycles. The zero-order valence-electron chi connectivity index (χ0n) is 15.2. The van der Waals surface area contributed by atoms with E-state index in [1.54, 1.807) is 6.07 Å². The number of nitrogens with zero attached hydrogens (tertiary/aromatic N) is 2. The fraction of sp³-hybridized carbons (Fsp3) is 0.611. The lowest BCUT2D eigenvalue weighted by atomic mass is 10.1. The molecule has 1 aromatic carbocycles. The highest BCUT2D eigenvalue weighted by atomic mass is 127. The SMILES string of the molecule is CCNC(=NCC1CCN(c2ccc(F)c(F)c2)C1)NC(C)CC.I. The molecule has 1 saturated heterocycles. The minimum Gasteiger partial charge on any atom is -0.371 e. The predicted molar refractivity (Wildman–Crippen MR) is 111 cm³/mol. The number of rotatable bonds is 6.